The molecular formula is C28H33F4N7O3. The van der Waals surface area contributed by atoms with Crippen molar-refractivity contribution in [2.45, 2.75) is 50.9 Å². The summed E-state index contributed by atoms with van der Waals surface area (Å²) in [6, 6.07) is 7.69. The van der Waals surface area contributed by atoms with Gasteiger partial charge in [0, 0.05) is 43.7 Å². The van der Waals surface area contributed by atoms with Crippen LogP contribution in [0, 0.1) is 0 Å². The summed E-state index contributed by atoms with van der Waals surface area (Å²) in [6.45, 7) is 2.01. The number of hydrogen-bond acceptors (Lipinski definition) is 7. The molecule has 3 atom stereocenters. The van der Waals surface area contributed by atoms with Crippen molar-refractivity contribution in [3.8, 4) is 11.5 Å². The summed E-state index contributed by atoms with van der Waals surface area (Å²) in [5.41, 5.74) is 1.32. The molecule has 3 aromatic heterocycles. The van der Waals surface area contributed by atoms with E-state index in [-0.39, 0.29) is 42.4 Å². The molecule has 5 rings (SSSR count). The van der Waals surface area contributed by atoms with E-state index < -0.39 is 24.9 Å². The second-order valence-corrected chi connectivity index (χ2v) is 10.6. The predicted molar refractivity (Wildman–Crippen MR) is 148 cm³/mol. The van der Waals surface area contributed by atoms with Crippen molar-refractivity contribution >= 4 is 22.5 Å². The number of carbonyl (C=O) groups excluding carboxylic acids is 1. The third-order valence-electron chi connectivity index (χ3n) is 7.36. The summed E-state index contributed by atoms with van der Waals surface area (Å²) in [7, 11) is 3.45. The van der Waals surface area contributed by atoms with E-state index in [9.17, 15) is 22.4 Å². The minimum Gasteiger partial charge on any atom is -0.383 e. The Bertz CT molecular complexity index is 1530. The SMILES string of the molecule is COCC(C)n1ccc(C(=O)NCc2nc(-c3cc4c(N[C@@H]5CCN(C)C[C@@H]5F)cccc4n3CC(F)(F)F)no2)c1. The highest BCUT2D eigenvalue weighted by molar-refractivity contribution is 5.96. The molecule has 0 radical (unpaired) electrons. The van der Waals surface area contributed by atoms with Gasteiger partial charge in [-0.05, 0) is 44.7 Å². The highest BCUT2D eigenvalue weighted by atomic mass is 19.4. The molecule has 0 aliphatic carbocycles. The first-order valence-electron chi connectivity index (χ1n) is 13.6. The van der Waals surface area contributed by atoms with Crippen LogP contribution in [-0.4, -0.2) is 82.3 Å². The number of carbonyl (C=O) groups is 1. The number of ether oxygens (including phenoxy) is 1. The van der Waals surface area contributed by atoms with E-state index in [1.807, 2.05) is 23.4 Å². The Kier molecular flexibility index (Phi) is 8.55. The highest BCUT2D eigenvalue weighted by Gasteiger charge is 2.32. The average molecular weight is 592 g/mol. The number of rotatable bonds is 10. The predicted octanol–water partition coefficient (Wildman–Crippen LogP) is 4.65. The fourth-order valence-corrected chi connectivity index (χ4v) is 5.20. The lowest BCUT2D eigenvalue weighted by molar-refractivity contribution is -0.139. The van der Waals surface area contributed by atoms with E-state index in [4.69, 9.17) is 9.26 Å². The molecule has 10 nitrogen and oxygen atoms in total. The van der Waals surface area contributed by atoms with Gasteiger partial charge in [0.25, 0.3) is 5.91 Å². The summed E-state index contributed by atoms with van der Waals surface area (Å²) in [4.78, 5) is 18.8. The van der Waals surface area contributed by atoms with Gasteiger partial charge in [0.1, 0.15) is 12.7 Å². The molecule has 1 amide bonds. The molecule has 226 valence electrons. The third kappa shape index (κ3) is 6.59. The zero-order valence-corrected chi connectivity index (χ0v) is 23.5. The topological polar surface area (TPSA) is 102 Å². The Balaban J connectivity index is 1.37. The van der Waals surface area contributed by atoms with Crippen molar-refractivity contribution < 1.29 is 31.6 Å². The first kappa shape index (κ1) is 29.6. The van der Waals surface area contributed by atoms with Crippen LogP contribution in [0.5, 0.6) is 0 Å². The minimum absolute atomic E-state index is 0.0271. The molecule has 1 aliphatic heterocycles. The van der Waals surface area contributed by atoms with Crippen LogP contribution < -0.4 is 10.6 Å². The van der Waals surface area contributed by atoms with Crippen molar-refractivity contribution in [3.63, 3.8) is 0 Å². The van der Waals surface area contributed by atoms with Gasteiger partial charge in [0.05, 0.1) is 42.0 Å². The molecule has 4 aromatic rings. The van der Waals surface area contributed by atoms with Gasteiger partial charge in [-0.1, -0.05) is 11.2 Å². The number of amides is 1. The van der Waals surface area contributed by atoms with E-state index in [0.29, 0.717) is 41.7 Å². The van der Waals surface area contributed by atoms with E-state index >= 15 is 0 Å². The molecular weight excluding hydrogens is 558 g/mol. The van der Waals surface area contributed by atoms with Gasteiger partial charge in [0.15, 0.2) is 0 Å². The summed E-state index contributed by atoms with van der Waals surface area (Å²) in [5.74, 6) is -0.410. The van der Waals surface area contributed by atoms with E-state index in [0.717, 1.165) is 4.57 Å². The number of nitrogens with one attached hydrogen (secondary N) is 2. The lowest BCUT2D eigenvalue weighted by Gasteiger charge is -2.33. The number of anilines is 1. The fourth-order valence-electron chi connectivity index (χ4n) is 5.20. The zero-order chi connectivity index (χ0) is 30.0. The molecule has 14 heteroatoms. The van der Waals surface area contributed by atoms with Crippen LogP contribution >= 0.6 is 0 Å². The molecule has 0 saturated carbocycles. The molecule has 2 N–H and O–H groups in total. The maximum absolute atomic E-state index is 14.7. The van der Waals surface area contributed by atoms with Crippen LogP contribution in [0.3, 0.4) is 0 Å². The zero-order valence-electron chi connectivity index (χ0n) is 23.5. The number of piperidine rings is 1. The molecule has 1 aromatic carbocycles. The van der Waals surface area contributed by atoms with E-state index in [2.05, 4.69) is 20.8 Å². The normalized spacial score (nSPS) is 18.8. The van der Waals surface area contributed by atoms with Crippen LogP contribution in [0.2, 0.25) is 0 Å². The summed E-state index contributed by atoms with van der Waals surface area (Å²) in [5, 5.41) is 10.3. The maximum atomic E-state index is 14.7. The number of likely N-dealkylation sites (tertiary alicyclic amines) is 1. The first-order chi connectivity index (χ1) is 20.0. The largest absolute Gasteiger partial charge is 0.406 e. The van der Waals surface area contributed by atoms with Gasteiger partial charge >= 0.3 is 6.18 Å². The number of alkyl halides is 4. The third-order valence-corrected chi connectivity index (χ3v) is 7.36. The van der Waals surface area contributed by atoms with Gasteiger partial charge in [-0.25, -0.2) is 4.39 Å². The monoisotopic (exact) mass is 591 g/mol. The second kappa shape index (κ2) is 12.1. The lowest BCUT2D eigenvalue weighted by atomic mass is 10.0. The second-order valence-electron chi connectivity index (χ2n) is 10.6. The maximum Gasteiger partial charge on any atom is 0.406 e. The number of fused-ring (bicyclic) bond motifs is 1. The Morgan fingerprint density at radius 3 is 2.83 bits per heavy atom. The Hall–Kier alpha value is -3.91. The minimum atomic E-state index is -4.53. The molecule has 1 fully saturated rings. The van der Waals surface area contributed by atoms with Crippen molar-refractivity contribution in [2.24, 2.45) is 0 Å². The van der Waals surface area contributed by atoms with Crippen molar-refractivity contribution in [2.75, 3.05) is 39.2 Å². The van der Waals surface area contributed by atoms with Crippen LogP contribution in [-0.2, 0) is 17.8 Å². The molecule has 42 heavy (non-hydrogen) atoms. The first-order valence-corrected chi connectivity index (χ1v) is 13.6. The molecule has 1 aliphatic rings. The van der Waals surface area contributed by atoms with Crippen LogP contribution in [0.1, 0.15) is 35.6 Å². The summed E-state index contributed by atoms with van der Waals surface area (Å²) >= 11 is 0. The van der Waals surface area contributed by atoms with Crippen LogP contribution in [0.25, 0.3) is 22.4 Å². The number of hydrogen-bond donors (Lipinski definition) is 2. The number of aromatic nitrogens is 4. The smallest absolute Gasteiger partial charge is 0.383 e. The Morgan fingerprint density at radius 1 is 1.29 bits per heavy atom. The fraction of sp³-hybridized carbons (Fsp3) is 0.464. The number of methoxy groups -OCH3 is 1. The van der Waals surface area contributed by atoms with Gasteiger partial charge in [0.2, 0.25) is 11.7 Å². The highest BCUT2D eigenvalue weighted by Crippen LogP contribution is 2.35. The standard InChI is InChI=1S/C28H33F4N7O3/c1-17(15-41-3)38-10-7-18(13-38)27(40)33-12-25-35-26(36-42-25)24-11-19-21(34-22-8-9-37(2)14-20(22)29)5-4-6-23(19)39(24)16-28(30,31)32/h4-7,10-11,13,17,20,22,34H,8-9,12,14-16H2,1-3H3,(H,33,40)/t17?,20-,22+/m0/s1. The quantitative estimate of drug-likeness (QED) is 0.259. The van der Waals surface area contributed by atoms with E-state index in [1.54, 1.807) is 49.8 Å². The molecule has 0 bridgehead atoms. The van der Waals surface area contributed by atoms with Crippen LogP contribution in [0.15, 0.2) is 47.2 Å². The number of benzene rings is 1. The van der Waals surface area contributed by atoms with Gasteiger partial charge in [-0.15, -0.1) is 0 Å². The van der Waals surface area contributed by atoms with Crippen molar-refractivity contribution in [3.05, 3.63) is 54.2 Å². The summed E-state index contributed by atoms with van der Waals surface area (Å²) in [6.07, 6.45) is -1.64. The molecule has 1 saturated heterocycles. The van der Waals surface area contributed by atoms with E-state index in [1.165, 1.54) is 0 Å². The van der Waals surface area contributed by atoms with Crippen LogP contribution in [0.4, 0.5) is 23.2 Å². The summed E-state index contributed by atoms with van der Waals surface area (Å²) < 4.78 is 69.1. The molecule has 0 spiro atoms. The van der Waals surface area contributed by atoms with Crippen molar-refractivity contribution in [1.82, 2.24) is 29.5 Å². The number of nitrogens with zero attached hydrogens (tertiary/aromatic N) is 5. The van der Waals surface area contributed by atoms with Gasteiger partial charge in [-0.3, -0.25) is 4.79 Å². The van der Waals surface area contributed by atoms with Gasteiger partial charge < -0.3 is 33.9 Å². The Morgan fingerprint density at radius 2 is 2.10 bits per heavy atom. The molecule has 1 unspecified atom stereocenters. The van der Waals surface area contributed by atoms with Crippen molar-refractivity contribution in [1.29, 1.82) is 0 Å². The number of halogens is 4. The Labute approximate surface area is 239 Å². The average Bonchev–Trinajstić information content (AvgIpc) is 3.68. The lowest BCUT2D eigenvalue weighted by Crippen LogP contribution is -2.46. The van der Waals surface area contributed by atoms with Gasteiger partial charge in [-0.2, -0.15) is 18.2 Å². The molecule has 4 heterocycles.